The first-order valence-corrected chi connectivity index (χ1v) is 6.10. The Kier molecular flexibility index (Phi) is 2.69. The second-order valence-corrected chi connectivity index (χ2v) is 4.73. The molecule has 90 valence electrons. The molecule has 0 aliphatic carbocycles. The minimum absolute atomic E-state index is 0.299. The fourth-order valence-electron chi connectivity index (χ4n) is 1.95. The molecule has 0 aliphatic rings. The zero-order valence-electron chi connectivity index (χ0n) is 9.15. The van der Waals surface area contributed by atoms with Crippen LogP contribution in [0.3, 0.4) is 0 Å². The minimum Gasteiger partial charge on any atom is -0.330 e. The molecule has 0 amide bonds. The van der Waals surface area contributed by atoms with Crippen LogP contribution in [-0.2, 0) is 0 Å². The number of imidazole rings is 1. The molecule has 3 rings (SSSR count). The number of nitrogens with one attached hydrogen (secondary N) is 1. The van der Waals surface area contributed by atoms with Crippen molar-refractivity contribution in [2.45, 2.75) is 0 Å². The van der Waals surface area contributed by atoms with E-state index in [1.807, 2.05) is 12.1 Å². The fourth-order valence-corrected chi connectivity index (χ4v) is 2.45. The number of aromatic amines is 1. The molecule has 0 atom stereocenters. The summed E-state index contributed by atoms with van der Waals surface area (Å²) in [4.78, 5) is 3.04. The number of benzene rings is 2. The number of nitrogens with zero attached hydrogens (tertiary/aromatic N) is 1. The molecule has 0 bridgehead atoms. The lowest BCUT2D eigenvalue weighted by atomic mass is 10.2. The lowest BCUT2D eigenvalue weighted by Crippen LogP contribution is -1.93. The van der Waals surface area contributed by atoms with E-state index in [4.69, 9.17) is 23.8 Å². The van der Waals surface area contributed by atoms with Crippen molar-refractivity contribution in [1.29, 1.82) is 0 Å². The summed E-state index contributed by atoms with van der Waals surface area (Å²) < 4.78 is 15.6. The van der Waals surface area contributed by atoms with E-state index in [-0.39, 0.29) is 5.82 Å². The van der Waals surface area contributed by atoms with Gasteiger partial charge in [-0.05, 0) is 42.5 Å². The Bertz CT molecular complexity index is 791. The highest BCUT2D eigenvalue weighted by Gasteiger charge is 2.07. The summed E-state index contributed by atoms with van der Waals surface area (Å²) in [5, 5.41) is 0.611. The Morgan fingerprint density at radius 1 is 1.17 bits per heavy atom. The molecular formula is C13H8ClFN2S. The highest BCUT2D eigenvalue weighted by atomic mass is 35.5. The van der Waals surface area contributed by atoms with Crippen LogP contribution in [-0.4, -0.2) is 9.55 Å². The monoisotopic (exact) mass is 278 g/mol. The van der Waals surface area contributed by atoms with Gasteiger partial charge in [-0.25, -0.2) is 4.39 Å². The van der Waals surface area contributed by atoms with E-state index in [1.54, 1.807) is 22.8 Å². The minimum atomic E-state index is -0.299. The Morgan fingerprint density at radius 2 is 2.00 bits per heavy atom. The number of H-pyrrole nitrogens is 1. The Morgan fingerprint density at radius 3 is 2.78 bits per heavy atom. The topological polar surface area (TPSA) is 20.7 Å². The predicted octanol–water partition coefficient (Wildman–Crippen LogP) is 4.48. The van der Waals surface area contributed by atoms with E-state index >= 15 is 0 Å². The molecule has 5 heteroatoms. The largest absolute Gasteiger partial charge is 0.330 e. The molecule has 1 heterocycles. The van der Waals surface area contributed by atoms with Crippen LogP contribution in [0.1, 0.15) is 0 Å². The van der Waals surface area contributed by atoms with Crippen LogP contribution in [0.15, 0.2) is 42.5 Å². The standard InChI is InChI=1S/C13H8ClFN2S/c14-8-2-1-3-10(6-8)17-12-7-9(15)4-5-11(12)16-13(17)18/h1-7H,(H,16,18). The number of hydrogen-bond acceptors (Lipinski definition) is 1. The van der Waals surface area contributed by atoms with Gasteiger partial charge in [-0.2, -0.15) is 0 Å². The summed E-state index contributed by atoms with van der Waals surface area (Å²) >= 11 is 11.2. The molecule has 0 unspecified atom stereocenters. The summed E-state index contributed by atoms with van der Waals surface area (Å²) in [6.07, 6.45) is 0. The summed E-state index contributed by atoms with van der Waals surface area (Å²) in [5.41, 5.74) is 2.30. The molecule has 0 spiro atoms. The van der Waals surface area contributed by atoms with Crippen LogP contribution in [0.5, 0.6) is 0 Å². The third-order valence-corrected chi connectivity index (χ3v) is 3.23. The fraction of sp³-hybridized carbons (Fsp3) is 0. The van der Waals surface area contributed by atoms with Gasteiger partial charge in [0, 0.05) is 16.8 Å². The summed E-state index contributed by atoms with van der Waals surface area (Å²) in [6, 6.07) is 11.8. The van der Waals surface area contributed by atoms with Gasteiger partial charge in [0.05, 0.1) is 11.0 Å². The molecule has 1 N–H and O–H groups in total. The average Bonchev–Trinajstić information content (AvgIpc) is 2.64. The van der Waals surface area contributed by atoms with Gasteiger partial charge in [0.2, 0.25) is 0 Å². The van der Waals surface area contributed by atoms with Crippen LogP contribution in [0.4, 0.5) is 4.39 Å². The van der Waals surface area contributed by atoms with Gasteiger partial charge >= 0.3 is 0 Å². The van der Waals surface area contributed by atoms with E-state index in [2.05, 4.69) is 4.98 Å². The van der Waals surface area contributed by atoms with E-state index in [9.17, 15) is 4.39 Å². The zero-order valence-corrected chi connectivity index (χ0v) is 10.7. The SMILES string of the molecule is Fc1ccc2[nH]c(=S)n(-c3cccc(Cl)c3)c2c1. The molecule has 1 aromatic heterocycles. The number of fused-ring (bicyclic) bond motifs is 1. The highest BCUT2D eigenvalue weighted by Crippen LogP contribution is 2.22. The van der Waals surface area contributed by atoms with Gasteiger partial charge in [0.15, 0.2) is 4.77 Å². The molecule has 0 aliphatic heterocycles. The van der Waals surface area contributed by atoms with Crippen LogP contribution < -0.4 is 0 Å². The predicted molar refractivity (Wildman–Crippen MR) is 73.4 cm³/mol. The van der Waals surface area contributed by atoms with E-state index < -0.39 is 0 Å². The summed E-state index contributed by atoms with van der Waals surface area (Å²) in [5.74, 6) is -0.299. The smallest absolute Gasteiger partial charge is 0.182 e. The van der Waals surface area contributed by atoms with Crippen molar-refractivity contribution in [3.8, 4) is 5.69 Å². The van der Waals surface area contributed by atoms with Gasteiger partial charge in [0.1, 0.15) is 5.82 Å². The first kappa shape index (κ1) is 11.4. The third kappa shape index (κ3) is 1.83. The van der Waals surface area contributed by atoms with E-state index in [0.29, 0.717) is 15.3 Å². The molecule has 0 fully saturated rings. The van der Waals surface area contributed by atoms with Crippen molar-refractivity contribution in [3.63, 3.8) is 0 Å². The molecule has 0 saturated heterocycles. The van der Waals surface area contributed by atoms with Gasteiger partial charge in [-0.15, -0.1) is 0 Å². The van der Waals surface area contributed by atoms with Crippen molar-refractivity contribution in [2.24, 2.45) is 0 Å². The summed E-state index contributed by atoms with van der Waals surface area (Å²) in [7, 11) is 0. The van der Waals surface area contributed by atoms with Crippen LogP contribution in [0, 0.1) is 10.6 Å². The normalized spacial score (nSPS) is 11.0. The van der Waals surface area contributed by atoms with Gasteiger partial charge < -0.3 is 4.98 Å². The first-order chi connectivity index (χ1) is 8.65. The van der Waals surface area contributed by atoms with Gasteiger partial charge in [0.25, 0.3) is 0 Å². The van der Waals surface area contributed by atoms with Gasteiger partial charge in [-0.1, -0.05) is 17.7 Å². The Hall–Kier alpha value is -1.65. The molecule has 0 saturated carbocycles. The Balaban J connectivity index is 2.38. The molecular weight excluding hydrogens is 271 g/mol. The van der Waals surface area contributed by atoms with E-state index in [1.165, 1.54) is 12.1 Å². The van der Waals surface area contributed by atoms with Crippen molar-refractivity contribution in [3.05, 3.63) is 58.1 Å². The second-order valence-electron chi connectivity index (χ2n) is 3.91. The maximum atomic E-state index is 13.3. The number of hydrogen-bond donors (Lipinski definition) is 1. The lowest BCUT2D eigenvalue weighted by Gasteiger charge is -2.04. The second kappa shape index (κ2) is 4.23. The molecule has 3 aromatic rings. The Labute approximate surface area is 113 Å². The average molecular weight is 279 g/mol. The molecule has 0 radical (unpaired) electrons. The summed E-state index contributed by atoms with van der Waals surface area (Å²) in [6.45, 7) is 0. The van der Waals surface area contributed by atoms with Gasteiger partial charge in [-0.3, -0.25) is 4.57 Å². The molecule has 2 aromatic carbocycles. The molecule has 2 nitrogen and oxygen atoms in total. The highest BCUT2D eigenvalue weighted by molar-refractivity contribution is 7.71. The van der Waals surface area contributed by atoms with Crippen LogP contribution in [0.25, 0.3) is 16.7 Å². The lowest BCUT2D eigenvalue weighted by molar-refractivity contribution is 0.629. The van der Waals surface area contributed by atoms with Crippen molar-refractivity contribution in [1.82, 2.24) is 9.55 Å². The van der Waals surface area contributed by atoms with Crippen LogP contribution >= 0.6 is 23.8 Å². The van der Waals surface area contributed by atoms with Crippen molar-refractivity contribution in [2.75, 3.05) is 0 Å². The van der Waals surface area contributed by atoms with E-state index in [0.717, 1.165) is 11.2 Å². The quantitative estimate of drug-likeness (QED) is 0.651. The maximum absolute atomic E-state index is 13.3. The number of halogens is 2. The molecule has 18 heavy (non-hydrogen) atoms. The zero-order chi connectivity index (χ0) is 12.7. The third-order valence-electron chi connectivity index (χ3n) is 2.71. The number of aromatic nitrogens is 2. The van der Waals surface area contributed by atoms with Crippen molar-refractivity contribution >= 4 is 34.9 Å². The first-order valence-electron chi connectivity index (χ1n) is 5.31. The van der Waals surface area contributed by atoms with Crippen molar-refractivity contribution < 1.29 is 4.39 Å². The van der Waals surface area contributed by atoms with Crippen LogP contribution in [0.2, 0.25) is 5.02 Å². The maximum Gasteiger partial charge on any atom is 0.182 e. The number of rotatable bonds is 1.